The molecule has 1 aliphatic rings. The molecule has 0 radical (unpaired) electrons. The van der Waals surface area contributed by atoms with Gasteiger partial charge in [0.05, 0.1) is 5.92 Å². The first-order valence-electron chi connectivity index (χ1n) is 6.77. The Hall–Kier alpha value is 0.100. The fourth-order valence-electron chi connectivity index (χ4n) is 2.64. The summed E-state index contributed by atoms with van der Waals surface area (Å²) in [6.45, 7) is 6.30. The summed E-state index contributed by atoms with van der Waals surface area (Å²) in [4.78, 5) is 2.19. The fraction of sp³-hybridized carbons (Fsp3) is 1.00. The zero-order valence-corrected chi connectivity index (χ0v) is 12.2. The van der Waals surface area contributed by atoms with Crippen LogP contribution < -0.4 is 0 Å². The maximum Gasteiger partial charge on any atom is 0.391 e. The molecule has 0 saturated carbocycles. The SMILES string of the molecule is CCC(CC)(CS)CN1CCC(C(F)(F)F)CC1. The fourth-order valence-corrected chi connectivity index (χ4v) is 3.19. The van der Waals surface area contributed by atoms with Gasteiger partial charge in [0.2, 0.25) is 0 Å². The minimum Gasteiger partial charge on any atom is -0.303 e. The van der Waals surface area contributed by atoms with Gasteiger partial charge in [0.15, 0.2) is 0 Å². The molecule has 108 valence electrons. The molecule has 0 N–H and O–H groups in total. The number of thiol groups is 1. The van der Waals surface area contributed by atoms with Crippen molar-refractivity contribution in [2.24, 2.45) is 11.3 Å². The molecule has 0 atom stereocenters. The highest BCUT2D eigenvalue weighted by Gasteiger charge is 2.41. The molecule has 1 rings (SSSR count). The summed E-state index contributed by atoms with van der Waals surface area (Å²) in [7, 11) is 0. The molecule has 5 heteroatoms. The van der Waals surface area contributed by atoms with Crippen LogP contribution in [0.4, 0.5) is 13.2 Å². The van der Waals surface area contributed by atoms with Gasteiger partial charge in [-0.05, 0) is 49.9 Å². The quantitative estimate of drug-likeness (QED) is 0.747. The molecule has 0 amide bonds. The summed E-state index contributed by atoms with van der Waals surface area (Å²) in [5.74, 6) is -0.290. The van der Waals surface area contributed by atoms with Gasteiger partial charge in [0.25, 0.3) is 0 Å². The van der Waals surface area contributed by atoms with Gasteiger partial charge in [-0.2, -0.15) is 25.8 Å². The van der Waals surface area contributed by atoms with Crippen LogP contribution in [0.2, 0.25) is 0 Å². The van der Waals surface area contributed by atoms with Crippen LogP contribution in [0.1, 0.15) is 39.5 Å². The van der Waals surface area contributed by atoms with Gasteiger partial charge in [-0.25, -0.2) is 0 Å². The highest BCUT2D eigenvalue weighted by molar-refractivity contribution is 7.80. The van der Waals surface area contributed by atoms with Crippen molar-refractivity contribution in [3.63, 3.8) is 0 Å². The molecule has 1 saturated heterocycles. The summed E-state index contributed by atoms with van der Waals surface area (Å²) in [6.07, 6.45) is -1.44. The number of likely N-dealkylation sites (tertiary alicyclic amines) is 1. The van der Waals surface area contributed by atoms with Crippen molar-refractivity contribution in [2.75, 3.05) is 25.4 Å². The molecular formula is C13H24F3NS. The first-order valence-corrected chi connectivity index (χ1v) is 7.40. The van der Waals surface area contributed by atoms with Crippen molar-refractivity contribution in [1.82, 2.24) is 4.90 Å². The van der Waals surface area contributed by atoms with Gasteiger partial charge in [0, 0.05) is 6.54 Å². The van der Waals surface area contributed by atoms with E-state index in [2.05, 4.69) is 31.4 Å². The smallest absolute Gasteiger partial charge is 0.303 e. The normalized spacial score (nSPS) is 20.3. The van der Waals surface area contributed by atoms with Gasteiger partial charge < -0.3 is 4.90 Å². The summed E-state index contributed by atoms with van der Waals surface area (Å²) >= 11 is 4.42. The number of alkyl halides is 3. The zero-order valence-electron chi connectivity index (χ0n) is 11.3. The molecule has 0 spiro atoms. The van der Waals surface area contributed by atoms with Crippen LogP contribution in [0.5, 0.6) is 0 Å². The lowest BCUT2D eigenvalue weighted by Crippen LogP contribution is -2.44. The molecular weight excluding hydrogens is 259 g/mol. The lowest BCUT2D eigenvalue weighted by molar-refractivity contribution is -0.185. The second kappa shape index (κ2) is 6.51. The van der Waals surface area contributed by atoms with E-state index in [1.54, 1.807) is 0 Å². The van der Waals surface area contributed by atoms with E-state index in [9.17, 15) is 13.2 Å². The molecule has 0 aliphatic carbocycles. The third kappa shape index (κ3) is 4.05. The topological polar surface area (TPSA) is 3.24 Å². The zero-order chi connectivity index (χ0) is 13.8. The van der Waals surface area contributed by atoms with E-state index in [0.717, 1.165) is 25.1 Å². The average molecular weight is 283 g/mol. The summed E-state index contributed by atoms with van der Waals surface area (Å²) < 4.78 is 37.7. The Morgan fingerprint density at radius 3 is 1.94 bits per heavy atom. The molecule has 0 bridgehead atoms. The highest BCUT2D eigenvalue weighted by Crippen LogP contribution is 2.36. The highest BCUT2D eigenvalue weighted by atomic mass is 32.1. The van der Waals surface area contributed by atoms with Crippen LogP contribution in [0, 0.1) is 11.3 Å². The second-order valence-electron chi connectivity index (χ2n) is 5.46. The van der Waals surface area contributed by atoms with Crippen LogP contribution in [0.15, 0.2) is 0 Å². The number of piperidine rings is 1. The van der Waals surface area contributed by atoms with Crippen molar-refractivity contribution >= 4 is 12.6 Å². The van der Waals surface area contributed by atoms with Gasteiger partial charge in [-0.15, -0.1) is 0 Å². The molecule has 1 nitrogen and oxygen atoms in total. The minimum absolute atomic E-state index is 0.161. The molecule has 0 unspecified atom stereocenters. The van der Waals surface area contributed by atoms with Crippen molar-refractivity contribution in [3.8, 4) is 0 Å². The molecule has 1 fully saturated rings. The van der Waals surface area contributed by atoms with Gasteiger partial charge >= 0.3 is 6.18 Å². The van der Waals surface area contributed by atoms with Crippen molar-refractivity contribution in [2.45, 2.75) is 45.7 Å². The molecule has 0 aromatic rings. The Balaban J connectivity index is 2.48. The first kappa shape index (κ1) is 16.2. The van der Waals surface area contributed by atoms with Crippen molar-refractivity contribution in [3.05, 3.63) is 0 Å². The number of hydrogen-bond donors (Lipinski definition) is 1. The van der Waals surface area contributed by atoms with Crippen molar-refractivity contribution in [1.29, 1.82) is 0 Å². The first-order chi connectivity index (χ1) is 8.37. The van der Waals surface area contributed by atoms with Crippen molar-refractivity contribution < 1.29 is 13.2 Å². The summed E-state index contributed by atoms with van der Waals surface area (Å²) in [5.41, 5.74) is 0.161. The van der Waals surface area contributed by atoms with Gasteiger partial charge in [-0.1, -0.05) is 13.8 Å². The number of rotatable bonds is 5. The number of nitrogens with zero attached hydrogens (tertiary/aromatic N) is 1. The Morgan fingerprint density at radius 2 is 1.61 bits per heavy atom. The Kier molecular flexibility index (Phi) is 5.84. The van der Waals surface area contributed by atoms with Gasteiger partial charge in [0.1, 0.15) is 0 Å². The van der Waals surface area contributed by atoms with Crippen LogP contribution >= 0.6 is 12.6 Å². The molecule has 1 heterocycles. The average Bonchev–Trinajstić information content (AvgIpc) is 2.36. The predicted octanol–water partition coefficient (Wildman–Crippen LogP) is 4.00. The van der Waals surface area contributed by atoms with E-state index >= 15 is 0 Å². The third-order valence-corrected chi connectivity index (χ3v) is 5.12. The lowest BCUT2D eigenvalue weighted by Gasteiger charge is -2.40. The van der Waals surface area contributed by atoms with Crippen LogP contribution in [-0.4, -0.2) is 36.5 Å². The molecule has 18 heavy (non-hydrogen) atoms. The van der Waals surface area contributed by atoms with E-state index in [4.69, 9.17) is 0 Å². The molecule has 0 aromatic carbocycles. The second-order valence-corrected chi connectivity index (χ2v) is 5.77. The standard InChI is InChI=1S/C13H24F3NS/c1-3-12(4-2,10-18)9-17-7-5-11(6-8-17)13(14,15)16/h11,18H,3-10H2,1-2H3. The van der Waals surface area contributed by atoms with Crippen LogP contribution in [0.25, 0.3) is 0 Å². The van der Waals surface area contributed by atoms with Gasteiger partial charge in [-0.3, -0.25) is 0 Å². The Bertz CT molecular complexity index is 235. The number of halogens is 3. The van der Waals surface area contributed by atoms with Crippen LogP contribution in [0.3, 0.4) is 0 Å². The largest absolute Gasteiger partial charge is 0.391 e. The van der Waals surface area contributed by atoms with E-state index in [-0.39, 0.29) is 18.3 Å². The lowest BCUT2D eigenvalue weighted by atomic mass is 9.83. The maximum atomic E-state index is 12.6. The predicted molar refractivity (Wildman–Crippen MR) is 72.1 cm³/mol. The Morgan fingerprint density at radius 1 is 1.11 bits per heavy atom. The monoisotopic (exact) mass is 283 g/mol. The molecule has 1 aliphatic heterocycles. The third-order valence-electron chi connectivity index (χ3n) is 4.44. The maximum absolute atomic E-state index is 12.6. The number of hydrogen-bond acceptors (Lipinski definition) is 2. The molecule has 0 aromatic heterocycles. The van der Waals surface area contributed by atoms with E-state index in [1.165, 1.54) is 0 Å². The summed E-state index contributed by atoms with van der Waals surface area (Å²) in [6, 6.07) is 0. The van der Waals surface area contributed by atoms with E-state index in [1.807, 2.05) is 0 Å². The van der Waals surface area contributed by atoms with Crippen LogP contribution in [-0.2, 0) is 0 Å². The Labute approximate surface area is 114 Å². The minimum atomic E-state index is -4.01. The van der Waals surface area contributed by atoms with E-state index in [0.29, 0.717) is 13.1 Å². The van der Waals surface area contributed by atoms with E-state index < -0.39 is 12.1 Å². The summed E-state index contributed by atoms with van der Waals surface area (Å²) in [5, 5.41) is 0.